The van der Waals surface area contributed by atoms with Crippen LogP contribution in [0.3, 0.4) is 0 Å². The number of benzene rings is 1. The number of fused-ring (bicyclic) bond motifs is 1. The minimum Gasteiger partial charge on any atom is -0.481 e. The highest BCUT2D eigenvalue weighted by atomic mass is 16.4. The van der Waals surface area contributed by atoms with E-state index < -0.39 is 5.97 Å². The molecule has 0 bridgehead atoms. The third kappa shape index (κ3) is 3.10. The quantitative estimate of drug-likeness (QED) is 0.709. The van der Waals surface area contributed by atoms with E-state index >= 15 is 0 Å². The van der Waals surface area contributed by atoms with Gasteiger partial charge in [-0.05, 0) is 62.2 Å². The number of urea groups is 1. The van der Waals surface area contributed by atoms with Crippen LogP contribution in [0.5, 0.6) is 0 Å². The van der Waals surface area contributed by atoms with Crippen molar-refractivity contribution in [3.05, 3.63) is 35.4 Å². The number of nitrogens with one attached hydrogen (secondary N) is 2. The summed E-state index contributed by atoms with van der Waals surface area (Å²) in [4.78, 5) is 28.6. The van der Waals surface area contributed by atoms with Gasteiger partial charge in [0.05, 0.1) is 12.0 Å². The first-order valence-electron chi connectivity index (χ1n) is 11.3. The first-order chi connectivity index (χ1) is 14.5. The van der Waals surface area contributed by atoms with E-state index in [0.717, 1.165) is 45.2 Å². The van der Waals surface area contributed by atoms with Gasteiger partial charge in [0.1, 0.15) is 0 Å². The van der Waals surface area contributed by atoms with Crippen LogP contribution in [0.4, 0.5) is 4.79 Å². The van der Waals surface area contributed by atoms with Gasteiger partial charge in [-0.2, -0.15) is 0 Å². The zero-order valence-electron chi connectivity index (χ0n) is 17.6. The molecule has 162 valence electrons. The minimum atomic E-state index is -0.669. The van der Waals surface area contributed by atoms with E-state index in [2.05, 4.69) is 39.8 Å². The summed E-state index contributed by atoms with van der Waals surface area (Å²) in [6.07, 6.45) is 5.14. The van der Waals surface area contributed by atoms with Crippen LogP contribution in [0.1, 0.15) is 49.3 Å². The Labute approximate surface area is 177 Å². The van der Waals surface area contributed by atoms with Gasteiger partial charge in [0, 0.05) is 31.7 Å². The Morgan fingerprint density at radius 1 is 1.20 bits per heavy atom. The molecule has 7 nitrogen and oxygen atoms in total. The van der Waals surface area contributed by atoms with Crippen LogP contribution in [-0.4, -0.2) is 65.2 Å². The zero-order chi connectivity index (χ0) is 20.9. The Hall–Kier alpha value is -2.12. The number of amides is 2. The van der Waals surface area contributed by atoms with E-state index in [1.54, 1.807) is 7.05 Å². The molecule has 3 N–H and O–H groups in total. The summed E-state index contributed by atoms with van der Waals surface area (Å²) in [5.74, 6) is -0.458. The Morgan fingerprint density at radius 2 is 1.97 bits per heavy atom. The van der Waals surface area contributed by atoms with Crippen molar-refractivity contribution >= 4 is 12.0 Å². The van der Waals surface area contributed by atoms with Gasteiger partial charge < -0.3 is 20.6 Å². The van der Waals surface area contributed by atoms with Crippen molar-refractivity contribution in [3.8, 4) is 0 Å². The van der Waals surface area contributed by atoms with Crippen molar-refractivity contribution in [2.45, 2.75) is 56.3 Å². The molecular weight excluding hydrogens is 380 g/mol. The molecule has 1 aromatic carbocycles. The van der Waals surface area contributed by atoms with Crippen molar-refractivity contribution in [1.82, 2.24) is 20.4 Å². The van der Waals surface area contributed by atoms with Gasteiger partial charge in [-0.15, -0.1) is 0 Å². The van der Waals surface area contributed by atoms with Gasteiger partial charge in [0.15, 0.2) is 0 Å². The van der Waals surface area contributed by atoms with E-state index in [4.69, 9.17) is 0 Å². The van der Waals surface area contributed by atoms with Gasteiger partial charge in [-0.25, -0.2) is 4.79 Å². The summed E-state index contributed by atoms with van der Waals surface area (Å²) in [5.41, 5.74) is 2.58. The fourth-order valence-electron chi connectivity index (χ4n) is 6.50. The number of nitrogens with zero attached hydrogens (tertiary/aromatic N) is 2. The third-order valence-electron chi connectivity index (χ3n) is 8.15. The first-order valence-corrected chi connectivity index (χ1v) is 11.3. The Balaban J connectivity index is 1.27. The summed E-state index contributed by atoms with van der Waals surface area (Å²) < 4.78 is 0. The second-order valence-electron chi connectivity index (χ2n) is 9.53. The van der Waals surface area contributed by atoms with Crippen molar-refractivity contribution in [3.63, 3.8) is 0 Å². The molecule has 4 aliphatic rings. The van der Waals surface area contributed by atoms with Crippen LogP contribution in [0.25, 0.3) is 0 Å². The molecule has 1 saturated carbocycles. The van der Waals surface area contributed by atoms with Gasteiger partial charge in [0.2, 0.25) is 0 Å². The number of piperidine rings is 1. The summed E-state index contributed by atoms with van der Waals surface area (Å²) >= 11 is 0. The van der Waals surface area contributed by atoms with Gasteiger partial charge in [-0.1, -0.05) is 24.3 Å². The van der Waals surface area contributed by atoms with E-state index in [0.29, 0.717) is 25.0 Å². The fraction of sp³-hybridized carbons (Fsp3) is 0.652. The lowest BCUT2D eigenvalue weighted by Gasteiger charge is -2.54. The van der Waals surface area contributed by atoms with Crippen molar-refractivity contribution in [2.75, 3.05) is 26.7 Å². The number of carboxylic acid groups (broad SMARTS) is 1. The lowest BCUT2D eigenvalue weighted by molar-refractivity contribution is -0.141. The van der Waals surface area contributed by atoms with E-state index in [9.17, 15) is 14.7 Å². The molecule has 5 rings (SSSR count). The molecule has 4 atom stereocenters. The molecule has 2 amide bonds. The molecular formula is C23H32N4O3. The number of carbonyl (C=O) groups excluding carboxylic acids is 1. The molecule has 4 unspecified atom stereocenters. The van der Waals surface area contributed by atoms with Crippen molar-refractivity contribution in [2.24, 2.45) is 11.8 Å². The van der Waals surface area contributed by atoms with Crippen LogP contribution in [0, 0.1) is 11.8 Å². The normalized spacial score (nSPS) is 34.0. The first kappa shape index (κ1) is 19.8. The Bertz CT molecular complexity index is 837. The van der Waals surface area contributed by atoms with E-state index in [1.165, 1.54) is 11.1 Å². The number of rotatable bonds is 3. The predicted molar refractivity (Wildman–Crippen MR) is 113 cm³/mol. The van der Waals surface area contributed by atoms with Crippen LogP contribution in [0.2, 0.25) is 0 Å². The van der Waals surface area contributed by atoms with Crippen LogP contribution in [-0.2, 0) is 11.3 Å². The Morgan fingerprint density at radius 3 is 2.60 bits per heavy atom. The minimum absolute atomic E-state index is 0.00395. The molecule has 2 saturated heterocycles. The maximum atomic E-state index is 12.6. The summed E-state index contributed by atoms with van der Waals surface area (Å²) in [6, 6.07) is 9.08. The lowest BCUT2D eigenvalue weighted by atomic mass is 9.68. The molecule has 3 fully saturated rings. The van der Waals surface area contributed by atoms with Crippen molar-refractivity contribution in [1.29, 1.82) is 0 Å². The Kier molecular flexibility index (Phi) is 4.98. The molecule has 7 heteroatoms. The molecule has 0 aromatic heterocycles. The number of likely N-dealkylation sites (tertiary alicyclic amines) is 1. The maximum absolute atomic E-state index is 12.6. The number of carbonyl (C=O) groups is 2. The fourth-order valence-corrected chi connectivity index (χ4v) is 6.50. The summed E-state index contributed by atoms with van der Waals surface area (Å²) in [7, 11) is 1.71. The van der Waals surface area contributed by atoms with Gasteiger partial charge in [-0.3, -0.25) is 9.69 Å². The standard InChI is InChI=1S/C23H32N4O3/c1-24-22(30)27-14-16-4-2-3-5-18(16)20(27)15-7-10-26(11-8-15)19-6-9-23(19)12-17(13-25-23)21(28)29/h2-5,15,17,19-20,25H,6-14H2,1H3,(H,24,30)(H,28,29). The molecule has 30 heavy (non-hydrogen) atoms. The molecule has 1 aliphatic carbocycles. The lowest BCUT2D eigenvalue weighted by Crippen LogP contribution is -2.66. The molecule has 3 heterocycles. The number of hydrogen-bond acceptors (Lipinski definition) is 4. The topological polar surface area (TPSA) is 84.9 Å². The SMILES string of the molecule is CNC(=O)N1Cc2ccccc2C1C1CCN(C2CCC23CC(C(=O)O)CN3)CC1. The predicted octanol–water partition coefficient (Wildman–Crippen LogP) is 2.19. The largest absolute Gasteiger partial charge is 0.481 e. The highest BCUT2D eigenvalue weighted by Crippen LogP contribution is 2.47. The molecule has 1 spiro atoms. The van der Waals surface area contributed by atoms with Crippen molar-refractivity contribution < 1.29 is 14.7 Å². The maximum Gasteiger partial charge on any atom is 0.317 e. The smallest absolute Gasteiger partial charge is 0.317 e. The van der Waals surface area contributed by atoms with Crippen LogP contribution < -0.4 is 10.6 Å². The van der Waals surface area contributed by atoms with E-state index in [-0.39, 0.29) is 23.5 Å². The molecule has 3 aliphatic heterocycles. The second kappa shape index (κ2) is 7.54. The number of hydrogen-bond donors (Lipinski definition) is 3. The number of aliphatic carboxylic acids is 1. The monoisotopic (exact) mass is 412 g/mol. The summed E-state index contributed by atoms with van der Waals surface area (Å²) in [6.45, 7) is 3.34. The third-order valence-corrected chi connectivity index (χ3v) is 8.15. The second-order valence-corrected chi connectivity index (χ2v) is 9.53. The molecule has 0 radical (unpaired) electrons. The average molecular weight is 413 g/mol. The summed E-state index contributed by atoms with van der Waals surface area (Å²) in [5, 5.41) is 15.8. The van der Waals surface area contributed by atoms with E-state index in [1.807, 2.05) is 4.90 Å². The zero-order valence-corrected chi connectivity index (χ0v) is 17.6. The van der Waals surface area contributed by atoms with Crippen LogP contribution >= 0.6 is 0 Å². The average Bonchev–Trinajstić information content (AvgIpc) is 3.37. The highest BCUT2D eigenvalue weighted by molar-refractivity contribution is 5.75. The highest BCUT2D eigenvalue weighted by Gasteiger charge is 2.55. The van der Waals surface area contributed by atoms with Crippen LogP contribution in [0.15, 0.2) is 24.3 Å². The van der Waals surface area contributed by atoms with Gasteiger partial charge in [0.25, 0.3) is 0 Å². The van der Waals surface area contributed by atoms with Gasteiger partial charge >= 0.3 is 12.0 Å². The number of carboxylic acids is 1. The molecule has 1 aromatic rings.